The van der Waals surface area contributed by atoms with Crippen molar-refractivity contribution >= 4 is 28.2 Å². The average Bonchev–Trinajstić information content (AvgIpc) is 3.48. The molecular weight excluding hydrogens is 428 g/mol. The van der Waals surface area contributed by atoms with Crippen molar-refractivity contribution in [3.63, 3.8) is 0 Å². The lowest BCUT2D eigenvalue weighted by Crippen LogP contribution is -2.22. The molecule has 0 aliphatic rings. The number of hydrogen-bond acceptors (Lipinski definition) is 4. The van der Waals surface area contributed by atoms with E-state index in [0.29, 0.717) is 12.3 Å². The van der Waals surface area contributed by atoms with Gasteiger partial charge in [-0.25, -0.2) is 4.98 Å². The van der Waals surface area contributed by atoms with E-state index in [1.54, 1.807) is 11.3 Å². The van der Waals surface area contributed by atoms with Crippen molar-refractivity contribution in [2.45, 2.75) is 26.8 Å². The summed E-state index contributed by atoms with van der Waals surface area (Å²) in [5.41, 5.74) is 7.02. The lowest BCUT2D eigenvalue weighted by atomic mass is 10.1. The van der Waals surface area contributed by atoms with Gasteiger partial charge in [-0.05, 0) is 36.6 Å². The summed E-state index contributed by atoms with van der Waals surface area (Å²) in [4.78, 5) is 17.5. The number of fused-ring (bicyclic) bond motifs is 1. The van der Waals surface area contributed by atoms with E-state index in [1.165, 1.54) is 5.56 Å². The molecular formula is C28H24N2O2S. The maximum atomic E-state index is 12.8. The highest BCUT2D eigenvalue weighted by atomic mass is 32.1. The van der Waals surface area contributed by atoms with E-state index in [9.17, 15) is 4.79 Å². The average molecular weight is 453 g/mol. The quantitative estimate of drug-likeness (QED) is 0.301. The van der Waals surface area contributed by atoms with E-state index in [0.717, 1.165) is 50.3 Å². The first kappa shape index (κ1) is 21.2. The van der Waals surface area contributed by atoms with Gasteiger partial charge in [0.25, 0.3) is 5.91 Å². The first-order chi connectivity index (χ1) is 16.1. The summed E-state index contributed by atoms with van der Waals surface area (Å²) < 4.78 is 5.85. The Morgan fingerprint density at radius 1 is 0.970 bits per heavy atom. The third-order valence-corrected chi connectivity index (χ3v) is 6.73. The predicted molar refractivity (Wildman–Crippen MR) is 134 cm³/mol. The number of amides is 1. The van der Waals surface area contributed by atoms with Crippen LogP contribution in [0.1, 0.15) is 34.2 Å². The molecule has 0 saturated carbocycles. The second-order valence-electron chi connectivity index (χ2n) is 8.02. The van der Waals surface area contributed by atoms with E-state index in [-0.39, 0.29) is 5.91 Å². The fourth-order valence-electron chi connectivity index (χ4n) is 3.88. The van der Waals surface area contributed by atoms with Crippen molar-refractivity contribution in [2.24, 2.45) is 0 Å². The fourth-order valence-corrected chi connectivity index (χ4v) is 4.72. The summed E-state index contributed by atoms with van der Waals surface area (Å²) in [6.45, 7) is 4.49. The van der Waals surface area contributed by atoms with Crippen LogP contribution in [0.5, 0.6) is 0 Å². The molecule has 0 aliphatic carbocycles. The lowest BCUT2D eigenvalue weighted by Gasteiger charge is -2.05. The first-order valence-electron chi connectivity index (χ1n) is 11.0. The third-order valence-electron chi connectivity index (χ3n) is 5.84. The summed E-state index contributed by atoms with van der Waals surface area (Å²) in [5.74, 6) is 0.184. The van der Waals surface area contributed by atoms with Crippen LogP contribution in [0, 0.1) is 6.92 Å². The summed E-state index contributed by atoms with van der Waals surface area (Å²) >= 11 is 1.64. The van der Waals surface area contributed by atoms with Crippen LogP contribution in [0.4, 0.5) is 0 Å². The Hall–Kier alpha value is -3.70. The lowest BCUT2D eigenvalue weighted by molar-refractivity contribution is 0.0924. The minimum atomic E-state index is -0.196. The molecule has 33 heavy (non-hydrogen) atoms. The molecule has 0 atom stereocenters. The number of hydrogen-bond donors (Lipinski definition) is 1. The Morgan fingerprint density at radius 2 is 1.73 bits per heavy atom. The number of thiazole rings is 1. The predicted octanol–water partition coefficient (Wildman–Crippen LogP) is 7.02. The van der Waals surface area contributed by atoms with E-state index in [4.69, 9.17) is 9.40 Å². The summed E-state index contributed by atoms with van der Waals surface area (Å²) in [7, 11) is 0. The molecule has 5 aromatic rings. The van der Waals surface area contributed by atoms with Crippen LogP contribution < -0.4 is 5.32 Å². The van der Waals surface area contributed by atoms with Gasteiger partial charge in [0, 0.05) is 34.0 Å². The molecule has 5 rings (SSSR count). The Kier molecular flexibility index (Phi) is 5.80. The monoisotopic (exact) mass is 452 g/mol. The molecule has 2 aromatic heterocycles. The molecule has 2 heterocycles. The van der Waals surface area contributed by atoms with E-state index >= 15 is 0 Å². The Morgan fingerprint density at radius 3 is 2.48 bits per heavy atom. The maximum Gasteiger partial charge on any atom is 0.287 e. The second kappa shape index (κ2) is 9.04. The van der Waals surface area contributed by atoms with E-state index in [2.05, 4.69) is 35.8 Å². The number of furan rings is 1. The Balaban J connectivity index is 1.27. The smallest absolute Gasteiger partial charge is 0.287 e. The topological polar surface area (TPSA) is 55.1 Å². The van der Waals surface area contributed by atoms with E-state index in [1.807, 2.05) is 61.5 Å². The minimum absolute atomic E-state index is 0.196. The Labute approximate surface area is 196 Å². The molecule has 4 nitrogen and oxygen atoms in total. The highest BCUT2D eigenvalue weighted by Crippen LogP contribution is 2.29. The zero-order valence-corrected chi connectivity index (χ0v) is 19.4. The summed E-state index contributed by atoms with van der Waals surface area (Å²) in [6, 6.07) is 24.4. The van der Waals surface area contributed by atoms with Crippen LogP contribution in [0.25, 0.3) is 32.8 Å². The van der Waals surface area contributed by atoms with Crippen LogP contribution in [0.3, 0.4) is 0 Å². The van der Waals surface area contributed by atoms with Gasteiger partial charge in [-0.15, -0.1) is 11.3 Å². The second-order valence-corrected chi connectivity index (χ2v) is 8.88. The van der Waals surface area contributed by atoms with Gasteiger partial charge in [0.05, 0.1) is 5.69 Å². The van der Waals surface area contributed by atoms with Crippen LogP contribution in [-0.4, -0.2) is 10.9 Å². The first-order valence-corrected chi connectivity index (χ1v) is 11.9. The SMILES string of the molecule is CCc1ccc2oc(C(=O)NCc3ccc(-c4csc(-c5ccccc5)n4)cc3)c(C)c2c1. The molecule has 0 spiro atoms. The molecule has 0 fully saturated rings. The van der Waals surface area contributed by atoms with Gasteiger partial charge in [0.1, 0.15) is 10.6 Å². The van der Waals surface area contributed by atoms with Crippen molar-refractivity contribution in [3.05, 3.63) is 101 Å². The molecule has 3 aromatic carbocycles. The molecule has 1 amide bonds. The number of carbonyl (C=O) groups excluding carboxylic acids is 1. The fraction of sp³-hybridized carbons (Fsp3) is 0.143. The zero-order valence-electron chi connectivity index (χ0n) is 18.6. The van der Waals surface area contributed by atoms with Crippen molar-refractivity contribution < 1.29 is 9.21 Å². The number of nitrogens with one attached hydrogen (secondary N) is 1. The van der Waals surface area contributed by atoms with Crippen molar-refractivity contribution in [3.8, 4) is 21.8 Å². The molecule has 0 bridgehead atoms. The van der Waals surface area contributed by atoms with Gasteiger partial charge >= 0.3 is 0 Å². The summed E-state index contributed by atoms with van der Waals surface area (Å²) in [5, 5.41) is 7.07. The van der Waals surface area contributed by atoms with Gasteiger partial charge < -0.3 is 9.73 Å². The van der Waals surface area contributed by atoms with Crippen LogP contribution in [0.15, 0.2) is 82.6 Å². The molecule has 5 heteroatoms. The van der Waals surface area contributed by atoms with Gasteiger partial charge in [-0.3, -0.25) is 4.79 Å². The summed E-state index contributed by atoms with van der Waals surface area (Å²) in [6.07, 6.45) is 0.951. The molecule has 0 aliphatic heterocycles. The zero-order chi connectivity index (χ0) is 22.8. The molecule has 0 radical (unpaired) electrons. The number of benzene rings is 3. The van der Waals surface area contributed by atoms with Gasteiger partial charge in [-0.2, -0.15) is 0 Å². The third kappa shape index (κ3) is 4.32. The van der Waals surface area contributed by atoms with Crippen LogP contribution >= 0.6 is 11.3 Å². The van der Waals surface area contributed by atoms with Gasteiger partial charge in [0.2, 0.25) is 0 Å². The molecule has 164 valence electrons. The van der Waals surface area contributed by atoms with Crippen LogP contribution in [-0.2, 0) is 13.0 Å². The van der Waals surface area contributed by atoms with Crippen molar-refractivity contribution in [2.75, 3.05) is 0 Å². The van der Waals surface area contributed by atoms with Crippen molar-refractivity contribution in [1.82, 2.24) is 10.3 Å². The minimum Gasteiger partial charge on any atom is -0.451 e. The van der Waals surface area contributed by atoms with Crippen molar-refractivity contribution in [1.29, 1.82) is 0 Å². The number of aromatic nitrogens is 1. The highest BCUT2D eigenvalue weighted by Gasteiger charge is 2.17. The van der Waals surface area contributed by atoms with Gasteiger partial charge in [0.15, 0.2) is 5.76 Å². The molecule has 1 N–H and O–H groups in total. The highest BCUT2D eigenvalue weighted by molar-refractivity contribution is 7.13. The number of nitrogens with zero attached hydrogens (tertiary/aromatic N) is 1. The van der Waals surface area contributed by atoms with Gasteiger partial charge in [-0.1, -0.05) is 67.6 Å². The Bertz CT molecular complexity index is 1420. The number of aryl methyl sites for hydroxylation is 2. The molecule has 0 saturated heterocycles. The normalized spacial score (nSPS) is 11.1. The standard InChI is InChI=1S/C28H24N2O2S/c1-3-19-11-14-25-23(15-19)18(2)26(32-25)27(31)29-16-20-9-12-21(13-10-20)24-17-33-28(30-24)22-7-5-4-6-8-22/h4-15,17H,3,16H2,1-2H3,(H,29,31). The van der Waals surface area contributed by atoms with Crippen LogP contribution in [0.2, 0.25) is 0 Å². The number of carbonyl (C=O) groups is 1. The van der Waals surface area contributed by atoms with E-state index < -0.39 is 0 Å². The largest absolute Gasteiger partial charge is 0.451 e. The maximum absolute atomic E-state index is 12.8. The molecule has 0 unspecified atom stereocenters. The number of rotatable bonds is 6.